The van der Waals surface area contributed by atoms with E-state index in [1.54, 1.807) is 48.5 Å². The smallest absolute Gasteiger partial charge is 0.226 e. The van der Waals surface area contributed by atoms with Crippen LogP contribution in [0.1, 0.15) is 24.5 Å². The summed E-state index contributed by atoms with van der Waals surface area (Å²) in [6, 6.07) is 17.3. The number of hydrogen-bond donors (Lipinski definition) is 1. The summed E-state index contributed by atoms with van der Waals surface area (Å²) in [5, 5.41) is 20.5. The van der Waals surface area contributed by atoms with Gasteiger partial charge in [0.1, 0.15) is 0 Å². The molecule has 6 heteroatoms. The van der Waals surface area contributed by atoms with Gasteiger partial charge in [-0.2, -0.15) is 10.5 Å². The van der Waals surface area contributed by atoms with Crippen LogP contribution in [0.3, 0.4) is 0 Å². The van der Waals surface area contributed by atoms with Crippen molar-refractivity contribution in [3.8, 4) is 12.1 Å². The minimum Gasteiger partial charge on any atom is -0.326 e. The first-order valence-electron chi connectivity index (χ1n) is 7.62. The van der Waals surface area contributed by atoms with Gasteiger partial charge in [0, 0.05) is 31.3 Å². The van der Waals surface area contributed by atoms with Crippen molar-refractivity contribution in [1.82, 2.24) is 0 Å². The Labute approximate surface area is 145 Å². The van der Waals surface area contributed by atoms with Gasteiger partial charge in [-0.3, -0.25) is 9.59 Å². The van der Waals surface area contributed by atoms with Crippen molar-refractivity contribution in [2.75, 3.05) is 16.8 Å². The van der Waals surface area contributed by atoms with Gasteiger partial charge in [-0.05, 0) is 36.4 Å². The maximum absolute atomic E-state index is 12.1. The SMILES string of the molecule is CC(=O)N(CCC(=O)Nc1cccc(C#N)c1)c1cccc(C#N)c1. The van der Waals surface area contributed by atoms with E-state index in [1.807, 2.05) is 12.1 Å². The average Bonchev–Trinajstić information content (AvgIpc) is 2.62. The molecule has 0 unspecified atom stereocenters. The van der Waals surface area contributed by atoms with Crippen molar-refractivity contribution in [3.63, 3.8) is 0 Å². The van der Waals surface area contributed by atoms with Crippen LogP contribution in [0.15, 0.2) is 48.5 Å². The van der Waals surface area contributed by atoms with Crippen molar-refractivity contribution in [1.29, 1.82) is 10.5 Å². The zero-order valence-corrected chi connectivity index (χ0v) is 13.7. The van der Waals surface area contributed by atoms with Gasteiger partial charge < -0.3 is 10.2 Å². The Morgan fingerprint density at radius 2 is 1.68 bits per heavy atom. The molecule has 2 aromatic carbocycles. The Balaban J connectivity index is 2.03. The van der Waals surface area contributed by atoms with Crippen LogP contribution in [0.25, 0.3) is 0 Å². The Bertz CT molecular complexity index is 877. The second-order valence-corrected chi connectivity index (χ2v) is 5.32. The molecule has 2 rings (SSSR count). The first-order valence-corrected chi connectivity index (χ1v) is 7.62. The van der Waals surface area contributed by atoms with Crippen molar-refractivity contribution in [2.45, 2.75) is 13.3 Å². The molecule has 124 valence electrons. The molecule has 0 bridgehead atoms. The minimum atomic E-state index is -0.266. The average molecular weight is 332 g/mol. The van der Waals surface area contributed by atoms with E-state index >= 15 is 0 Å². The highest BCUT2D eigenvalue weighted by Crippen LogP contribution is 2.17. The van der Waals surface area contributed by atoms with Crippen molar-refractivity contribution >= 4 is 23.2 Å². The third-order valence-corrected chi connectivity index (χ3v) is 3.50. The van der Waals surface area contributed by atoms with E-state index < -0.39 is 0 Å². The van der Waals surface area contributed by atoms with E-state index in [4.69, 9.17) is 10.5 Å². The molecule has 0 aliphatic rings. The molecule has 6 nitrogen and oxygen atoms in total. The molecule has 0 atom stereocenters. The molecule has 25 heavy (non-hydrogen) atoms. The van der Waals surface area contributed by atoms with Gasteiger partial charge in [0.05, 0.1) is 23.3 Å². The molecule has 2 amide bonds. The molecule has 0 fully saturated rings. The molecular weight excluding hydrogens is 316 g/mol. The number of carbonyl (C=O) groups excluding carboxylic acids is 2. The number of nitriles is 2. The molecule has 0 heterocycles. The summed E-state index contributed by atoms with van der Waals surface area (Å²) in [7, 11) is 0. The Hall–Kier alpha value is -3.64. The first-order chi connectivity index (χ1) is 12.0. The van der Waals surface area contributed by atoms with Gasteiger partial charge in [-0.15, -0.1) is 0 Å². The number of nitrogens with zero attached hydrogens (tertiary/aromatic N) is 3. The summed E-state index contributed by atoms with van der Waals surface area (Å²) in [5.74, 6) is -0.479. The van der Waals surface area contributed by atoms with Crippen LogP contribution < -0.4 is 10.2 Å². The standard InChI is InChI=1S/C19H16N4O2/c1-14(24)23(18-7-3-5-16(11-18)13-21)9-8-19(25)22-17-6-2-4-15(10-17)12-20/h2-7,10-11H,8-9H2,1H3,(H,22,25). The third-order valence-electron chi connectivity index (χ3n) is 3.50. The van der Waals surface area contributed by atoms with Crippen LogP contribution in [-0.4, -0.2) is 18.4 Å². The lowest BCUT2D eigenvalue weighted by Gasteiger charge is -2.21. The highest BCUT2D eigenvalue weighted by molar-refractivity contribution is 5.95. The van der Waals surface area contributed by atoms with E-state index in [0.29, 0.717) is 22.5 Å². The summed E-state index contributed by atoms with van der Waals surface area (Å²) >= 11 is 0. The number of amides is 2. The Morgan fingerprint density at radius 1 is 1.04 bits per heavy atom. The molecule has 0 radical (unpaired) electrons. The van der Waals surface area contributed by atoms with E-state index in [1.165, 1.54) is 11.8 Å². The second-order valence-electron chi connectivity index (χ2n) is 5.32. The highest BCUT2D eigenvalue weighted by atomic mass is 16.2. The lowest BCUT2D eigenvalue weighted by atomic mass is 10.2. The molecule has 0 aliphatic carbocycles. The fourth-order valence-electron chi connectivity index (χ4n) is 2.32. The Morgan fingerprint density at radius 3 is 2.32 bits per heavy atom. The highest BCUT2D eigenvalue weighted by Gasteiger charge is 2.14. The predicted octanol–water partition coefficient (Wildman–Crippen LogP) is 2.81. The molecule has 0 aliphatic heterocycles. The van der Waals surface area contributed by atoms with Gasteiger partial charge in [-0.25, -0.2) is 0 Å². The lowest BCUT2D eigenvalue weighted by molar-refractivity contribution is -0.117. The van der Waals surface area contributed by atoms with E-state index in [-0.39, 0.29) is 24.8 Å². The van der Waals surface area contributed by atoms with Crippen molar-refractivity contribution < 1.29 is 9.59 Å². The van der Waals surface area contributed by atoms with Crippen LogP contribution in [-0.2, 0) is 9.59 Å². The van der Waals surface area contributed by atoms with Crippen LogP contribution >= 0.6 is 0 Å². The molecule has 1 N–H and O–H groups in total. The van der Waals surface area contributed by atoms with Crippen LogP contribution in [0.5, 0.6) is 0 Å². The third kappa shape index (κ3) is 4.92. The van der Waals surface area contributed by atoms with Crippen LogP contribution in [0.2, 0.25) is 0 Å². The monoisotopic (exact) mass is 332 g/mol. The Kier molecular flexibility index (Phi) is 5.86. The zero-order chi connectivity index (χ0) is 18.2. The summed E-state index contributed by atoms with van der Waals surface area (Å²) in [6.07, 6.45) is 0.0904. The number of hydrogen-bond acceptors (Lipinski definition) is 4. The fourth-order valence-corrected chi connectivity index (χ4v) is 2.32. The van der Waals surface area contributed by atoms with E-state index in [0.717, 1.165) is 0 Å². The molecule has 0 saturated carbocycles. The maximum Gasteiger partial charge on any atom is 0.226 e. The quantitative estimate of drug-likeness (QED) is 0.910. The predicted molar refractivity (Wildman–Crippen MR) is 93.6 cm³/mol. The summed E-state index contributed by atoms with van der Waals surface area (Å²) in [4.78, 5) is 25.4. The van der Waals surface area contributed by atoms with E-state index in [9.17, 15) is 9.59 Å². The zero-order valence-electron chi connectivity index (χ0n) is 13.7. The molecular formula is C19H16N4O2. The van der Waals surface area contributed by atoms with Gasteiger partial charge >= 0.3 is 0 Å². The normalized spacial score (nSPS) is 9.56. The molecule has 0 saturated heterocycles. The number of nitrogens with one attached hydrogen (secondary N) is 1. The maximum atomic E-state index is 12.1. The largest absolute Gasteiger partial charge is 0.326 e. The molecule has 0 aromatic heterocycles. The van der Waals surface area contributed by atoms with Crippen molar-refractivity contribution in [3.05, 3.63) is 59.7 Å². The summed E-state index contributed by atoms with van der Waals surface area (Å²) in [6.45, 7) is 1.60. The minimum absolute atomic E-state index is 0.0904. The number of rotatable bonds is 5. The topological polar surface area (TPSA) is 97.0 Å². The van der Waals surface area contributed by atoms with Gasteiger partial charge in [0.15, 0.2) is 0 Å². The molecule has 0 spiro atoms. The van der Waals surface area contributed by atoms with E-state index in [2.05, 4.69) is 5.32 Å². The molecule has 2 aromatic rings. The lowest BCUT2D eigenvalue weighted by Crippen LogP contribution is -2.32. The summed E-state index contributed by atoms with van der Waals surface area (Å²) in [5.41, 5.74) is 2.01. The number of carbonyl (C=O) groups is 2. The van der Waals surface area contributed by atoms with Crippen LogP contribution in [0, 0.1) is 22.7 Å². The van der Waals surface area contributed by atoms with Crippen molar-refractivity contribution in [2.24, 2.45) is 0 Å². The second kappa shape index (κ2) is 8.28. The number of anilines is 2. The fraction of sp³-hybridized carbons (Fsp3) is 0.158. The summed E-state index contributed by atoms with van der Waals surface area (Å²) < 4.78 is 0. The first kappa shape index (κ1) is 17.7. The van der Waals surface area contributed by atoms with Gasteiger partial charge in [-0.1, -0.05) is 12.1 Å². The number of benzene rings is 2. The van der Waals surface area contributed by atoms with Crippen LogP contribution in [0.4, 0.5) is 11.4 Å². The van der Waals surface area contributed by atoms with Gasteiger partial charge in [0.25, 0.3) is 0 Å². The van der Waals surface area contributed by atoms with Gasteiger partial charge in [0.2, 0.25) is 11.8 Å².